The van der Waals surface area contributed by atoms with Crippen LogP contribution in [0.3, 0.4) is 0 Å². The van der Waals surface area contributed by atoms with Crippen LogP contribution in [-0.2, 0) is 16.0 Å². The molecule has 1 N–H and O–H groups in total. The lowest BCUT2D eigenvalue weighted by molar-refractivity contribution is -0.149. The van der Waals surface area contributed by atoms with Gasteiger partial charge in [0.25, 0.3) is 0 Å². The Kier molecular flexibility index (Phi) is 4.02. The summed E-state index contributed by atoms with van der Waals surface area (Å²) >= 11 is 0. The van der Waals surface area contributed by atoms with Crippen molar-refractivity contribution in [3.8, 4) is 0 Å². The minimum Gasteiger partial charge on any atom is -0.465 e. The first-order valence-electron chi connectivity index (χ1n) is 6.32. The van der Waals surface area contributed by atoms with E-state index in [1.54, 1.807) is 25.1 Å². The van der Waals surface area contributed by atoms with E-state index in [0.29, 0.717) is 17.5 Å². The number of carbonyl (C=O) groups is 3. The highest BCUT2D eigenvalue weighted by Crippen LogP contribution is 2.31. The third kappa shape index (κ3) is 2.49. The van der Waals surface area contributed by atoms with Gasteiger partial charge in [-0.05, 0) is 30.5 Å². The molecule has 1 aliphatic heterocycles. The summed E-state index contributed by atoms with van der Waals surface area (Å²) in [5.74, 6) is -0.588. The molecule has 0 aromatic heterocycles. The van der Waals surface area contributed by atoms with E-state index in [0.717, 1.165) is 16.7 Å². The predicted octanol–water partition coefficient (Wildman–Crippen LogP) is 1.64. The third-order valence-corrected chi connectivity index (χ3v) is 3.29. The van der Waals surface area contributed by atoms with Gasteiger partial charge in [0.2, 0.25) is 0 Å². The largest absolute Gasteiger partial charge is 0.465 e. The van der Waals surface area contributed by atoms with Crippen molar-refractivity contribution in [1.29, 1.82) is 0 Å². The monoisotopic (exact) mass is 277 g/mol. The van der Waals surface area contributed by atoms with Crippen molar-refractivity contribution in [3.63, 3.8) is 0 Å². The molecule has 0 fully saturated rings. The molecule has 1 atom stereocenters. The van der Waals surface area contributed by atoms with E-state index in [4.69, 9.17) is 4.74 Å². The second kappa shape index (κ2) is 5.73. The van der Waals surface area contributed by atoms with Crippen molar-refractivity contribution in [1.82, 2.24) is 4.90 Å². The lowest BCUT2D eigenvalue weighted by Crippen LogP contribution is -2.43. The van der Waals surface area contributed by atoms with Crippen LogP contribution in [0, 0.1) is 0 Å². The lowest BCUT2D eigenvalue weighted by Gasteiger charge is -2.33. The van der Waals surface area contributed by atoms with Gasteiger partial charge < -0.3 is 9.84 Å². The zero-order valence-corrected chi connectivity index (χ0v) is 11.0. The van der Waals surface area contributed by atoms with Gasteiger partial charge in [0.15, 0.2) is 6.04 Å². The van der Waals surface area contributed by atoms with Crippen LogP contribution in [-0.4, -0.2) is 41.5 Å². The number of carbonyl (C=O) groups excluding carboxylic acids is 2. The molecule has 1 aromatic rings. The summed E-state index contributed by atoms with van der Waals surface area (Å²) in [6, 6.07) is 3.92. The molecule has 6 nitrogen and oxygen atoms in total. The Bertz CT molecular complexity index is 554. The van der Waals surface area contributed by atoms with Crippen LogP contribution in [0.5, 0.6) is 0 Å². The summed E-state index contributed by atoms with van der Waals surface area (Å²) in [6.07, 6.45) is 0.0378. The molecular weight excluding hydrogens is 262 g/mol. The molecule has 0 aliphatic carbocycles. The second-order valence-electron chi connectivity index (χ2n) is 4.46. The van der Waals surface area contributed by atoms with Crippen LogP contribution in [0.2, 0.25) is 0 Å². The number of amides is 1. The zero-order chi connectivity index (χ0) is 14.7. The Balaban J connectivity index is 2.45. The average molecular weight is 277 g/mol. The van der Waals surface area contributed by atoms with Crippen molar-refractivity contribution in [2.24, 2.45) is 0 Å². The summed E-state index contributed by atoms with van der Waals surface area (Å²) in [5, 5.41) is 9.21. The van der Waals surface area contributed by atoms with E-state index in [2.05, 4.69) is 0 Å². The Morgan fingerprint density at radius 2 is 2.25 bits per heavy atom. The molecule has 1 heterocycles. The van der Waals surface area contributed by atoms with Crippen LogP contribution in [0.4, 0.5) is 4.79 Å². The van der Waals surface area contributed by atoms with E-state index < -0.39 is 18.1 Å². The highest BCUT2D eigenvalue weighted by Gasteiger charge is 2.37. The van der Waals surface area contributed by atoms with E-state index in [-0.39, 0.29) is 13.2 Å². The molecule has 0 bridgehead atoms. The van der Waals surface area contributed by atoms with Gasteiger partial charge in [0.05, 0.1) is 6.61 Å². The number of esters is 1. The maximum absolute atomic E-state index is 12.0. The van der Waals surface area contributed by atoms with Crippen molar-refractivity contribution < 1.29 is 24.2 Å². The molecule has 0 saturated carbocycles. The highest BCUT2D eigenvalue weighted by atomic mass is 16.5. The normalized spacial score (nSPS) is 17.2. The Labute approximate surface area is 115 Å². The number of carboxylic acid groups (broad SMARTS) is 1. The Hall–Kier alpha value is -2.37. The highest BCUT2D eigenvalue weighted by molar-refractivity contribution is 5.84. The van der Waals surface area contributed by atoms with E-state index in [1.165, 1.54) is 0 Å². The molecule has 0 spiro atoms. The fourth-order valence-electron chi connectivity index (χ4n) is 2.40. The van der Waals surface area contributed by atoms with Gasteiger partial charge in [0.1, 0.15) is 6.29 Å². The smallest absolute Gasteiger partial charge is 0.408 e. The standard InChI is InChI=1S/C14H15NO5/c1-2-20-13(17)12-11-4-3-9(8-16)7-10(11)5-6-15(12)14(18)19/h3-4,7-8,12H,2,5-6H2,1H3,(H,18,19). The molecule has 2 rings (SSSR count). The second-order valence-corrected chi connectivity index (χ2v) is 4.46. The minimum atomic E-state index is -1.16. The Morgan fingerprint density at radius 1 is 1.50 bits per heavy atom. The molecular formula is C14H15NO5. The van der Waals surface area contributed by atoms with Crippen LogP contribution in [0.15, 0.2) is 18.2 Å². The number of fused-ring (bicyclic) bond motifs is 1. The summed E-state index contributed by atoms with van der Waals surface area (Å²) in [7, 11) is 0. The number of rotatable bonds is 3. The summed E-state index contributed by atoms with van der Waals surface area (Å²) in [4.78, 5) is 35.2. The van der Waals surface area contributed by atoms with Crippen molar-refractivity contribution in [2.75, 3.05) is 13.2 Å². The average Bonchev–Trinajstić information content (AvgIpc) is 2.45. The molecule has 106 valence electrons. The number of ether oxygens (including phenoxy) is 1. The van der Waals surface area contributed by atoms with Crippen LogP contribution >= 0.6 is 0 Å². The van der Waals surface area contributed by atoms with E-state index >= 15 is 0 Å². The summed E-state index contributed by atoms with van der Waals surface area (Å²) in [5.41, 5.74) is 1.91. The fraction of sp³-hybridized carbons (Fsp3) is 0.357. The van der Waals surface area contributed by atoms with E-state index in [1.807, 2.05) is 0 Å². The number of benzene rings is 1. The van der Waals surface area contributed by atoms with E-state index in [9.17, 15) is 19.5 Å². The molecule has 1 unspecified atom stereocenters. The molecule has 6 heteroatoms. The predicted molar refractivity (Wildman–Crippen MR) is 69.6 cm³/mol. The zero-order valence-electron chi connectivity index (χ0n) is 11.0. The van der Waals surface area contributed by atoms with Gasteiger partial charge in [-0.3, -0.25) is 9.69 Å². The number of nitrogens with zero attached hydrogens (tertiary/aromatic N) is 1. The summed E-state index contributed by atoms with van der Waals surface area (Å²) < 4.78 is 4.96. The SMILES string of the molecule is CCOC(=O)C1c2ccc(C=O)cc2CCN1C(=O)O. The van der Waals surface area contributed by atoms with Gasteiger partial charge >= 0.3 is 12.1 Å². The van der Waals surface area contributed by atoms with Gasteiger partial charge in [-0.25, -0.2) is 9.59 Å². The number of hydrogen-bond donors (Lipinski definition) is 1. The minimum absolute atomic E-state index is 0.185. The number of hydrogen-bond acceptors (Lipinski definition) is 4. The molecule has 1 amide bonds. The number of aldehydes is 1. The fourth-order valence-corrected chi connectivity index (χ4v) is 2.40. The Morgan fingerprint density at radius 3 is 2.85 bits per heavy atom. The van der Waals surface area contributed by atoms with Gasteiger partial charge in [0, 0.05) is 12.1 Å². The van der Waals surface area contributed by atoms with Crippen LogP contribution < -0.4 is 0 Å². The molecule has 1 aromatic carbocycles. The molecule has 1 aliphatic rings. The van der Waals surface area contributed by atoms with Crippen LogP contribution in [0.1, 0.15) is 34.5 Å². The maximum Gasteiger partial charge on any atom is 0.408 e. The lowest BCUT2D eigenvalue weighted by atomic mass is 9.91. The first kappa shape index (κ1) is 14.0. The maximum atomic E-state index is 12.0. The topological polar surface area (TPSA) is 83.9 Å². The first-order valence-corrected chi connectivity index (χ1v) is 6.32. The summed E-state index contributed by atoms with van der Waals surface area (Å²) in [6.45, 7) is 2.06. The quantitative estimate of drug-likeness (QED) is 0.670. The van der Waals surface area contributed by atoms with Gasteiger partial charge in [-0.15, -0.1) is 0 Å². The van der Waals surface area contributed by atoms with Gasteiger partial charge in [-0.2, -0.15) is 0 Å². The molecule has 20 heavy (non-hydrogen) atoms. The first-order chi connectivity index (χ1) is 9.58. The molecule has 0 saturated heterocycles. The van der Waals surface area contributed by atoms with Crippen molar-refractivity contribution in [3.05, 3.63) is 34.9 Å². The van der Waals surface area contributed by atoms with Gasteiger partial charge in [-0.1, -0.05) is 12.1 Å². The molecule has 0 radical (unpaired) electrons. The van der Waals surface area contributed by atoms with Crippen molar-refractivity contribution >= 4 is 18.3 Å². The third-order valence-electron chi connectivity index (χ3n) is 3.29. The van der Waals surface area contributed by atoms with Crippen LogP contribution in [0.25, 0.3) is 0 Å². The van der Waals surface area contributed by atoms with Crippen molar-refractivity contribution in [2.45, 2.75) is 19.4 Å².